The second-order valence-electron chi connectivity index (χ2n) is 9.01. The second-order valence-corrected chi connectivity index (χ2v) is 11.1. The molecule has 0 unspecified atom stereocenters. The molecule has 1 aliphatic heterocycles. The van der Waals surface area contributed by atoms with Gasteiger partial charge in [-0.05, 0) is 49.6 Å². The van der Waals surface area contributed by atoms with Crippen molar-refractivity contribution in [3.8, 4) is 0 Å². The van der Waals surface area contributed by atoms with Crippen LogP contribution in [-0.4, -0.2) is 40.1 Å². The van der Waals surface area contributed by atoms with Gasteiger partial charge in [-0.2, -0.15) is 0 Å². The predicted molar refractivity (Wildman–Crippen MR) is 152 cm³/mol. The molecule has 0 spiro atoms. The molecule has 208 valence electrons. The van der Waals surface area contributed by atoms with Crippen LogP contribution in [0.25, 0.3) is 0 Å². The van der Waals surface area contributed by atoms with E-state index in [1.165, 1.54) is 47.8 Å². The Morgan fingerprint density at radius 1 is 0.875 bits per heavy atom. The molecule has 0 bridgehead atoms. The van der Waals surface area contributed by atoms with Gasteiger partial charge in [0.2, 0.25) is 0 Å². The first-order valence-corrected chi connectivity index (χ1v) is 14.3. The number of hydrogen-bond acceptors (Lipinski definition) is 9. The average molecular weight is 583 g/mol. The Hall–Kier alpha value is -3.94. The lowest BCUT2D eigenvalue weighted by molar-refractivity contribution is -0.387. The van der Waals surface area contributed by atoms with Crippen molar-refractivity contribution in [2.75, 3.05) is 12.4 Å². The topological polar surface area (TPSA) is 154 Å². The molecule has 1 saturated heterocycles. The van der Waals surface area contributed by atoms with Crippen molar-refractivity contribution in [3.63, 3.8) is 0 Å². The number of benzene rings is 3. The molecular weight excluding hydrogens is 556 g/mol. The van der Waals surface area contributed by atoms with Crippen LogP contribution < -0.4 is 10.9 Å². The average Bonchev–Trinajstić information content (AvgIpc) is 3.48. The third kappa shape index (κ3) is 7.58. The molecule has 2 amide bonds. The lowest BCUT2D eigenvalue weighted by Gasteiger charge is -2.11. The van der Waals surface area contributed by atoms with Crippen molar-refractivity contribution in [3.05, 3.63) is 103 Å². The fourth-order valence-electron chi connectivity index (χ4n) is 3.91. The molecule has 3 aromatic rings. The molecule has 1 heterocycles. The van der Waals surface area contributed by atoms with Crippen LogP contribution in [0.3, 0.4) is 0 Å². The number of hydrogen-bond donors (Lipinski definition) is 2. The largest absolute Gasteiger partial charge is 0.377 e. The molecule has 40 heavy (non-hydrogen) atoms. The van der Waals surface area contributed by atoms with Crippen LogP contribution in [0.4, 0.5) is 11.4 Å². The number of hydrazine groups is 1. The molecule has 13 heteroatoms. The summed E-state index contributed by atoms with van der Waals surface area (Å²) in [5, 5.41) is 23.3. The van der Waals surface area contributed by atoms with Crippen LogP contribution in [0, 0.1) is 27.2 Å². The first kappa shape index (κ1) is 29.1. The molecule has 11 nitrogen and oxygen atoms in total. The molecule has 0 aromatic heterocycles. The fourth-order valence-corrected chi connectivity index (χ4v) is 5.94. The number of aryl methyl sites for hydroxylation is 1. The molecule has 0 aliphatic carbocycles. The molecular formula is C27H26N4O7S2. The maximum atomic E-state index is 12.6. The van der Waals surface area contributed by atoms with E-state index < -0.39 is 21.7 Å². The van der Waals surface area contributed by atoms with Gasteiger partial charge < -0.3 is 4.74 Å². The molecule has 1 atom stereocenters. The van der Waals surface area contributed by atoms with E-state index in [2.05, 4.69) is 10.9 Å². The van der Waals surface area contributed by atoms with Gasteiger partial charge in [-0.25, -0.2) is 0 Å². The molecule has 3 aromatic carbocycles. The highest BCUT2D eigenvalue weighted by Crippen LogP contribution is 2.33. The minimum atomic E-state index is -0.773. The first-order chi connectivity index (χ1) is 19.2. The summed E-state index contributed by atoms with van der Waals surface area (Å²) in [6, 6.07) is 15.9. The highest BCUT2D eigenvalue weighted by Gasteiger charge is 2.22. The zero-order valence-corrected chi connectivity index (χ0v) is 23.1. The Bertz CT molecular complexity index is 1430. The number of nitrogens with one attached hydrogen (secondary N) is 2. The number of thioether (sulfide) groups is 2. The third-order valence-corrected chi connectivity index (χ3v) is 8.42. The van der Waals surface area contributed by atoms with Crippen molar-refractivity contribution >= 4 is 46.7 Å². The second kappa shape index (κ2) is 13.4. The molecule has 0 saturated carbocycles. The summed E-state index contributed by atoms with van der Waals surface area (Å²) in [6.07, 6.45) is 1.90. The quantitative estimate of drug-likeness (QED) is 0.180. The van der Waals surface area contributed by atoms with Crippen molar-refractivity contribution in [1.29, 1.82) is 0 Å². The van der Waals surface area contributed by atoms with E-state index in [0.29, 0.717) is 27.9 Å². The monoisotopic (exact) mass is 582 g/mol. The van der Waals surface area contributed by atoms with Gasteiger partial charge in [-0.3, -0.25) is 40.7 Å². The van der Waals surface area contributed by atoms with Crippen LogP contribution in [0.2, 0.25) is 0 Å². The normalized spacial score (nSPS) is 14.5. The number of nitrogens with zero attached hydrogens (tertiary/aromatic N) is 2. The standard InChI is InChI=1S/C27H26N4O7S2/c1-17-4-6-18(7-5-17)15-39-24-10-8-19(13-22(24)30(34)35)26(32)28-29-27(33)20-9-11-25(23(14-20)31(36)37)40-16-21-3-2-12-38-21/h4-11,13-14,21H,2-3,12,15-16H2,1H3,(H,28,32)(H,29,33)/t21-/m0/s1. The maximum absolute atomic E-state index is 12.6. The SMILES string of the molecule is Cc1ccc(CSc2ccc(C(=O)NNC(=O)c3ccc(SC[C@@H]4CCCO4)c([N+](=O)[O-])c3)cc2[N+](=O)[O-])cc1. The van der Waals surface area contributed by atoms with E-state index in [4.69, 9.17) is 4.74 Å². The Morgan fingerprint density at radius 2 is 1.43 bits per heavy atom. The molecule has 1 aliphatic rings. The number of nitro groups is 2. The molecule has 2 N–H and O–H groups in total. The molecule has 0 radical (unpaired) electrons. The summed E-state index contributed by atoms with van der Waals surface area (Å²) in [6.45, 7) is 2.66. The Kier molecular flexibility index (Phi) is 9.74. The minimum absolute atomic E-state index is 0.0256. The smallest absolute Gasteiger partial charge is 0.283 e. The predicted octanol–water partition coefficient (Wildman–Crippen LogP) is 5.45. The first-order valence-electron chi connectivity index (χ1n) is 12.3. The summed E-state index contributed by atoms with van der Waals surface area (Å²) < 4.78 is 5.56. The number of amides is 2. The number of nitro benzene ring substituents is 2. The summed E-state index contributed by atoms with van der Waals surface area (Å²) >= 11 is 2.57. The summed E-state index contributed by atoms with van der Waals surface area (Å²) in [7, 11) is 0. The van der Waals surface area contributed by atoms with E-state index in [-0.39, 0.29) is 28.6 Å². The molecule has 4 rings (SSSR count). The Balaban J connectivity index is 1.38. The Labute approximate surface area is 238 Å². The fraction of sp³-hybridized carbons (Fsp3) is 0.259. The highest BCUT2D eigenvalue weighted by molar-refractivity contribution is 7.99. The Morgan fingerprint density at radius 3 is 1.93 bits per heavy atom. The highest BCUT2D eigenvalue weighted by atomic mass is 32.2. The van der Waals surface area contributed by atoms with E-state index >= 15 is 0 Å². The van der Waals surface area contributed by atoms with Crippen LogP contribution in [0.5, 0.6) is 0 Å². The summed E-state index contributed by atoms with van der Waals surface area (Å²) in [4.78, 5) is 48.2. The van der Waals surface area contributed by atoms with E-state index in [1.54, 1.807) is 0 Å². The molecule has 1 fully saturated rings. The zero-order valence-electron chi connectivity index (χ0n) is 21.5. The maximum Gasteiger partial charge on any atom is 0.283 e. The van der Waals surface area contributed by atoms with Gasteiger partial charge >= 0.3 is 0 Å². The van der Waals surface area contributed by atoms with Gasteiger partial charge in [0.25, 0.3) is 23.2 Å². The van der Waals surface area contributed by atoms with Crippen LogP contribution in [-0.2, 0) is 10.5 Å². The number of carbonyl (C=O) groups is 2. The van der Waals surface area contributed by atoms with Crippen LogP contribution in [0.1, 0.15) is 44.7 Å². The van der Waals surface area contributed by atoms with Gasteiger partial charge in [-0.1, -0.05) is 29.8 Å². The lowest BCUT2D eigenvalue weighted by Crippen LogP contribution is -2.41. The van der Waals surface area contributed by atoms with Crippen molar-refractivity contribution < 1.29 is 24.2 Å². The van der Waals surface area contributed by atoms with E-state index in [0.717, 1.165) is 36.1 Å². The van der Waals surface area contributed by atoms with E-state index in [1.807, 2.05) is 31.2 Å². The summed E-state index contributed by atoms with van der Waals surface area (Å²) in [5.41, 5.74) is 6.03. The third-order valence-electron chi connectivity index (χ3n) is 6.09. The van der Waals surface area contributed by atoms with Gasteiger partial charge in [-0.15, -0.1) is 23.5 Å². The van der Waals surface area contributed by atoms with Crippen LogP contribution in [0.15, 0.2) is 70.5 Å². The minimum Gasteiger partial charge on any atom is -0.377 e. The van der Waals surface area contributed by atoms with Gasteiger partial charge in [0.15, 0.2) is 0 Å². The van der Waals surface area contributed by atoms with Crippen molar-refractivity contribution in [2.45, 2.75) is 41.4 Å². The lowest BCUT2D eigenvalue weighted by atomic mass is 10.2. The van der Waals surface area contributed by atoms with Gasteiger partial charge in [0.1, 0.15) is 0 Å². The number of ether oxygens (including phenoxy) is 1. The van der Waals surface area contributed by atoms with Crippen LogP contribution >= 0.6 is 23.5 Å². The number of carbonyl (C=O) groups excluding carboxylic acids is 2. The van der Waals surface area contributed by atoms with E-state index in [9.17, 15) is 29.8 Å². The van der Waals surface area contributed by atoms with Crippen molar-refractivity contribution in [2.24, 2.45) is 0 Å². The van der Waals surface area contributed by atoms with Crippen molar-refractivity contribution in [1.82, 2.24) is 10.9 Å². The summed E-state index contributed by atoms with van der Waals surface area (Å²) in [5.74, 6) is -0.463. The zero-order chi connectivity index (χ0) is 28.6. The van der Waals surface area contributed by atoms with Gasteiger partial charge in [0, 0.05) is 41.4 Å². The number of rotatable bonds is 10. The van der Waals surface area contributed by atoms with Gasteiger partial charge in [0.05, 0.1) is 25.7 Å².